The number of rotatable bonds is 6. The summed E-state index contributed by atoms with van der Waals surface area (Å²) in [7, 11) is 1.48. The minimum Gasteiger partial charge on any atom is -0.356 e. The zero-order valence-corrected chi connectivity index (χ0v) is 20.3. The molecule has 10 heteroatoms. The van der Waals surface area contributed by atoms with E-state index in [1.54, 1.807) is 4.90 Å². The molecule has 10 nitrogen and oxygen atoms in total. The van der Waals surface area contributed by atoms with E-state index >= 15 is 0 Å². The molecule has 1 saturated carbocycles. The number of hydrogen-bond donors (Lipinski definition) is 4. The van der Waals surface area contributed by atoms with E-state index in [0.717, 1.165) is 0 Å². The molecule has 6 atom stereocenters. The van der Waals surface area contributed by atoms with Crippen molar-refractivity contribution in [2.24, 2.45) is 28.6 Å². The fourth-order valence-corrected chi connectivity index (χ4v) is 5.39. The van der Waals surface area contributed by atoms with Gasteiger partial charge in [-0.3, -0.25) is 14.4 Å². The molecule has 33 heavy (non-hydrogen) atoms. The van der Waals surface area contributed by atoms with Crippen LogP contribution in [0.4, 0.5) is 4.79 Å². The molecule has 0 aromatic heterocycles. The first-order chi connectivity index (χ1) is 15.3. The lowest BCUT2D eigenvalue weighted by molar-refractivity contribution is -0.143. The van der Waals surface area contributed by atoms with Crippen LogP contribution in [-0.4, -0.2) is 66.9 Å². The van der Waals surface area contributed by atoms with Gasteiger partial charge in [0.1, 0.15) is 18.1 Å². The Bertz CT molecular complexity index is 873. The summed E-state index contributed by atoms with van der Waals surface area (Å²) in [5.41, 5.74) is -0.657. The van der Waals surface area contributed by atoms with E-state index in [9.17, 15) is 24.4 Å². The third-order valence-corrected chi connectivity index (χ3v) is 7.53. The standard InChI is InChI=1S/C23H36N6O4/c1-22(2,3)17(28-21(33)25-6)20(32)29-11-14-15(23(14,4)5)16(29)19(31)27-13(10-24)9-12-7-8-26-18(12)30/h12-17H,7-9,11H2,1-6H3,(H,26,30)(H,27,31)(H2,25,28,33)/t12-,13-,14?,15?,16?,17+/m0/s1. The maximum absolute atomic E-state index is 13.6. The van der Waals surface area contributed by atoms with E-state index in [-0.39, 0.29) is 47.3 Å². The molecular weight excluding hydrogens is 424 g/mol. The Morgan fingerprint density at radius 3 is 2.45 bits per heavy atom. The number of nitrogens with one attached hydrogen (secondary N) is 4. The Kier molecular flexibility index (Phi) is 6.65. The van der Waals surface area contributed by atoms with Crippen molar-refractivity contribution in [3.63, 3.8) is 0 Å². The van der Waals surface area contributed by atoms with Crippen molar-refractivity contribution in [3.8, 4) is 6.07 Å². The zero-order chi connectivity index (χ0) is 24.7. The Morgan fingerprint density at radius 2 is 1.94 bits per heavy atom. The molecule has 2 saturated heterocycles. The second-order valence-corrected chi connectivity index (χ2v) is 11.1. The minimum absolute atomic E-state index is 0.0174. The Balaban J connectivity index is 1.79. The summed E-state index contributed by atoms with van der Waals surface area (Å²) in [6.07, 6.45) is 0.881. The number of amides is 5. The van der Waals surface area contributed by atoms with Crippen LogP contribution < -0.4 is 21.3 Å². The van der Waals surface area contributed by atoms with Crippen LogP contribution in [0.3, 0.4) is 0 Å². The van der Waals surface area contributed by atoms with Gasteiger partial charge in [-0.2, -0.15) is 5.26 Å². The van der Waals surface area contributed by atoms with Crippen LogP contribution >= 0.6 is 0 Å². The van der Waals surface area contributed by atoms with Crippen LogP contribution in [0, 0.1) is 39.9 Å². The van der Waals surface area contributed by atoms with Crippen LogP contribution in [0.5, 0.6) is 0 Å². The Morgan fingerprint density at radius 1 is 1.27 bits per heavy atom. The third-order valence-electron chi connectivity index (χ3n) is 7.53. The fourth-order valence-electron chi connectivity index (χ4n) is 5.39. The number of piperidine rings is 1. The van der Waals surface area contributed by atoms with Gasteiger partial charge in [-0.1, -0.05) is 34.6 Å². The molecule has 1 aliphatic carbocycles. The van der Waals surface area contributed by atoms with Crippen molar-refractivity contribution >= 4 is 23.8 Å². The van der Waals surface area contributed by atoms with Gasteiger partial charge < -0.3 is 26.2 Å². The smallest absolute Gasteiger partial charge is 0.315 e. The number of fused-ring (bicyclic) bond motifs is 1. The topological polar surface area (TPSA) is 143 Å². The van der Waals surface area contributed by atoms with Gasteiger partial charge in [-0.25, -0.2) is 4.79 Å². The first-order valence-electron chi connectivity index (χ1n) is 11.6. The van der Waals surface area contributed by atoms with Crippen molar-refractivity contribution in [3.05, 3.63) is 0 Å². The molecule has 3 aliphatic rings. The lowest BCUT2D eigenvalue weighted by atomic mass is 9.85. The monoisotopic (exact) mass is 460 g/mol. The second kappa shape index (κ2) is 8.84. The maximum Gasteiger partial charge on any atom is 0.315 e. The Labute approximate surface area is 195 Å². The molecule has 3 fully saturated rings. The molecule has 0 aromatic rings. The predicted octanol–water partition coefficient (Wildman–Crippen LogP) is 0.348. The van der Waals surface area contributed by atoms with Crippen molar-refractivity contribution in [2.75, 3.05) is 20.1 Å². The molecule has 0 bridgehead atoms. The molecule has 0 aromatic carbocycles. The van der Waals surface area contributed by atoms with E-state index in [1.165, 1.54) is 7.05 Å². The highest BCUT2D eigenvalue weighted by atomic mass is 16.2. The summed E-state index contributed by atoms with van der Waals surface area (Å²) in [5, 5.41) is 20.4. The summed E-state index contributed by atoms with van der Waals surface area (Å²) < 4.78 is 0. The average Bonchev–Trinajstić information content (AvgIpc) is 3.11. The summed E-state index contributed by atoms with van der Waals surface area (Å²) in [6.45, 7) is 10.8. The molecule has 3 rings (SSSR count). The highest BCUT2D eigenvalue weighted by Crippen LogP contribution is 2.65. The SMILES string of the molecule is CNC(=O)N[C@H](C(=O)N1CC2C(C1C(=O)N[C@H](C#N)C[C@@H]1CCNC1=O)C2(C)C)C(C)(C)C. The first kappa shape index (κ1) is 24.8. The first-order valence-corrected chi connectivity index (χ1v) is 11.6. The van der Waals surface area contributed by atoms with Crippen molar-refractivity contribution in [1.82, 2.24) is 26.2 Å². The summed E-state index contributed by atoms with van der Waals surface area (Å²) in [4.78, 5) is 52.5. The van der Waals surface area contributed by atoms with E-state index in [1.807, 2.05) is 20.8 Å². The van der Waals surface area contributed by atoms with Gasteiger partial charge in [-0.15, -0.1) is 0 Å². The van der Waals surface area contributed by atoms with Gasteiger partial charge in [-0.05, 0) is 35.5 Å². The molecule has 2 heterocycles. The number of carbonyl (C=O) groups is 4. The number of nitrogens with zero attached hydrogens (tertiary/aromatic N) is 2. The number of hydrogen-bond acceptors (Lipinski definition) is 5. The lowest BCUT2D eigenvalue weighted by Crippen LogP contribution is -2.60. The summed E-state index contributed by atoms with van der Waals surface area (Å²) >= 11 is 0. The predicted molar refractivity (Wildman–Crippen MR) is 120 cm³/mol. The highest BCUT2D eigenvalue weighted by Gasteiger charge is 2.69. The summed E-state index contributed by atoms with van der Waals surface area (Å²) in [5.74, 6) is -0.922. The molecule has 5 amide bonds. The van der Waals surface area contributed by atoms with Gasteiger partial charge in [0.05, 0.1) is 6.07 Å². The number of nitriles is 1. The zero-order valence-electron chi connectivity index (χ0n) is 20.3. The Hall–Kier alpha value is -2.83. The van der Waals surface area contributed by atoms with E-state index in [0.29, 0.717) is 19.5 Å². The average molecular weight is 461 g/mol. The number of urea groups is 1. The fraction of sp³-hybridized carbons (Fsp3) is 0.783. The molecule has 182 valence electrons. The van der Waals surface area contributed by atoms with Crippen LogP contribution in [0.1, 0.15) is 47.5 Å². The van der Waals surface area contributed by atoms with Crippen LogP contribution in [0.2, 0.25) is 0 Å². The maximum atomic E-state index is 13.6. The highest BCUT2D eigenvalue weighted by molar-refractivity contribution is 5.94. The van der Waals surface area contributed by atoms with Crippen molar-refractivity contribution < 1.29 is 19.2 Å². The largest absolute Gasteiger partial charge is 0.356 e. The molecule has 0 spiro atoms. The van der Waals surface area contributed by atoms with Gasteiger partial charge in [0.15, 0.2) is 0 Å². The quantitative estimate of drug-likeness (QED) is 0.452. The van der Waals surface area contributed by atoms with Gasteiger partial charge >= 0.3 is 6.03 Å². The van der Waals surface area contributed by atoms with Gasteiger partial charge in [0, 0.05) is 26.1 Å². The molecular formula is C23H36N6O4. The molecule has 2 aliphatic heterocycles. The van der Waals surface area contributed by atoms with Crippen molar-refractivity contribution in [2.45, 2.75) is 65.6 Å². The van der Waals surface area contributed by atoms with Crippen LogP contribution in [0.25, 0.3) is 0 Å². The summed E-state index contributed by atoms with van der Waals surface area (Å²) in [6, 6.07) is -0.718. The van der Waals surface area contributed by atoms with Crippen LogP contribution in [-0.2, 0) is 14.4 Å². The van der Waals surface area contributed by atoms with Crippen LogP contribution in [0.15, 0.2) is 0 Å². The van der Waals surface area contributed by atoms with Gasteiger partial charge in [0.2, 0.25) is 17.7 Å². The number of likely N-dealkylation sites (tertiary alicyclic amines) is 1. The lowest BCUT2D eigenvalue weighted by Gasteiger charge is -2.37. The molecule has 4 N–H and O–H groups in total. The second-order valence-electron chi connectivity index (χ2n) is 11.1. The molecule has 0 radical (unpaired) electrons. The number of carbonyl (C=O) groups excluding carboxylic acids is 4. The minimum atomic E-state index is -0.817. The van der Waals surface area contributed by atoms with E-state index < -0.39 is 29.6 Å². The normalized spacial score (nSPS) is 29.2. The third kappa shape index (κ3) is 4.77. The van der Waals surface area contributed by atoms with Crippen molar-refractivity contribution in [1.29, 1.82) is 5.26 Å². The molecule has 3 unspecified atom stereocenters. The van der Waals surface area contributed by atoms with E-state index in [2.05, 4.69) is 41.2 Å². The van der Waals surface area contributed by atoms with E-state index in [4.69, 9.17) is 0 Å². The van der Waals surface area contributed by atoms with Gasteiger partial charge in [0.25, 0.3) is 0 Å².